The van der Waals surface area contributed by atoms with E-state index in [1.165, 1.54) is 146 Å². The summed E-state index contributed by atoms with van der Waals surface area (Å²) in [6, 6.07) is 19.7. The minimum absolute atomic E-state index is 1.17. The van der Waals surface area contributed by atoms with Crippen molar-refractivity contribution in [2.75, 3.05) is 0 Å². The van der Waals surface area contributed by atoms with Gasteiger partial charge in [0.15, 0.2) is 0 Å². The van der Waals surface area contributed by atoms with Gasteiger partial charge in [-0.05, 0) is 146 Å². The first-order valence-electron chi connectivity index (χ1n) is 16.6. The van der Waals surface area contributed by atoms with E-state index in [9.17, 15) is 0 Å². The van der Waals surface area contributed by atoms with Crippen molar-refractivity contribution >= 4 is 33.8 Å². The van der Waals surface area contributed by atoms with Gasteiger partial charge in [-0.3, -0.25) is 0 Å². The van der Waals surface area contributed by atoms with E-state index in [1.807, 2.05) is 22.7 Å². The lowest BCUT2D eigenvalue weighted by molar-refractivity contribution is 0.804. The third-order valence-corrected chi connectivity index (χ3v) is 12.2. The Hall–Kier alpha value is -3.20. The Kier molecular flexibility index (Phi) is 7.58. The zero-order chi connectivity index (χ0) is 30.9. The van der Waals surface area contributed by atoms with Crippen molar-refractivity contribution in [3.05, 3.63) is 124 Å². The Morgan fingerprint density at radius 1 is 0.455 bits per heavy atom. The zero-order valence-corrected chi connectivity index (χ0v) is 29.3. The lowest BCUT2D eigenvalue weighted by Gasteiger charge is -2.14. The number of fused-ring (bicyclic) bond motifs is 6. The van der Waals surface area contributed by atoms with Crippen LogP contribution in [0.5, 0.6) is 0 Å². The van der Waals surface area contributed by atoms with E-state index in [0.29, 0.717) is 0 Å². The van der Waals surface area contributed by atoms with Crippen molar-refractivity contribution in [3.63, 3.8) is 0 Å². The summed E-state index contributed by atoms with van der Waals surface area (Å²) >= 11 is 4.08. The number of hydrogen-bond acceptors (Lipinski definition) is 2. The molecule has 0 atom stereocenters. The Morgan fingerprint density at radius 2 is 0.818 bits per heavy atom. The average molecular weight is 613 g/mol. The molecule has 0 saturated carbocycles. The highest BCUT2D eigenvalue weighted by molar-refractivity contribution is 7.16. The fourth-order valence-electron chi connectivity index (χ4n) is 7.97. The Morgan fingerprint density at radius 3 is 1.16 bits per heavy atom. The topological polar surface area (TPSA) is 0 Å². The SMILES string of the molecule is CCCCc1cc2c(s1)-c1cc3c(cc1=C2c1c(C)cc(C)cc1C)-c1sc(CCCC)cc1C=3c1c(C)cc(C)cc1C. The molecule has 2 aliphatic carbocycles. The maximum atomic E-state index is 2.59. The predicted molar refractivity (Wildman–Crippen MR) is 194 cm³/mol. The van der Waals surface area contributed by atoms with Gasteiger partial charge in [0.05, 0.1) is 0 Å². The summed E-state index contributed by atoms with van der Waals surface area (Å²) in [5.74, 6) is 0. The molecule has 0 unspecified atom stereocenters. The molecule has 7 rings (SSSR count). The van der Waals surface area contributed by atoms with Gasteiger partial charge >= 0.3 is 0 Å². The van der Waals surface area contributed by atoms with Crippen LogP contribution in [0.4, 0.5) is 0 Å². The van der Waals surface area contributed by atoms with Gasteiger partial charge in [-0.2, -0.15) is 0 Å². The first-order valence-corrected chi connectivity index (χ1v) is 18.2. The molecule has 0 spiro atoms. The van der Waals surface area contributed by atoms with Gasteiger partial charge in [-0.15, -0.1) is 22.7 Å². The number of thiophene rings is 2. The standard InChI is InChI=1S/C42H44S2/c1-9-11-13-29-19-35-39(37-25(5)15-23(3)16-26(37)6)31-22-34-32(21-33(31)41(35)43-29)40(38-27(7)17-24(4)18-28(38)8)36-20-30(14-12-10-2)44-42(34)36/h15-22H,9-14H2,1-8H3. The Bertz CT molecular complexity index is 1890. The Balaban J connectivity index is 1.58. The molecule has 44 heavy (non-hydrogen) atoms. The Labute approximate surface area is 271 Å². The molecular weight excluding hydrogens is 569 g/mol. The molecule has 2 heterocycles. The van der Waals surface area contributed by atoms with Gasteiger partial charge in [0.25, 0.3) is 0 Å². The molecule has 0 radical (unpaired) electrons. The minimum atomic E-state index is 1.17. The second-order valence-electron chi connectivity index (χ2n) is 13.4. The normalized spacial score (nSPS) is 13.0. The minimum Gasteiger partial charge on any atom is -0.140 e. The van der Waals surface area contributed by atoms with Crippen LogP contribution in [0, 0.1) is 41.5 Å². The third kappa shape index (κ3) is 4.68. The molecule has 5 aromatic rings. The number of hydrogen-bond donors (Lipinski definition) is 0. The first-order chi connectivity index (χ1) is 21.2. The number of unbranched alkanes of at least 4 members (excludes halogenated alkanes) is 2. The van der Waals surface area contributed by atoms with E-state index in [1.54, 1.807) is 0 Å². The molecule has 0 nitrogen and oxygen atoms in total. The van der Waals surface area contributed by atoms with E-state index in [0.717, 1.165) is 0 Å². The summed E-state index contributed by atoms with van der Waals surface area (Å²) in [5, 5.41) is 2.85. The fourth-order valence-corrected chi connectivity index (χ4v) is 10.4. The lowest BCUT2D eigenvalue weighted by atomic mass is 9.90. The molecule has 224 valence electrons. The van der Waals surface area contributed by atoms with Crippen LogP contribution >= 0.6 is 22.7 Å². The summed E-state index contributed by atoms with van der Waals surface area (Å²) < 4.78 is 0. The molecule has 3 aromatic carbocycles. The van der Waals surface area contributed by atoms with Gasteiger partial charge in [0, 0.05) is 41.8 Å². The van der Waals surface area contributed by atoms with E-state index < -0.39 is 0 Å². The number of aryl methyl sites for hydroxylation is 8. The molecular formula is C42H44S2. The lowest BCUT2D eigenvalue weighted by Crippen LogP contribution is -2.16. The van der Waals surface area contributed by atoms with Gasteiger partial charge in [0.1, 0.15) is 0 Å². The quantitative estimate of drug-likeness (QED) is 0.160. The summed E-state index contributed by atoms with van der Waals surface area (Å²) in [4.78, 5) is 5.99. The highest BCUT2D eigenvalue weighted by Crippen LogP contribution is 2.47. The molecule has 0 saturated heterocycles. The summed E-state index contributed by atoms with van der Waals surface area (Å²) in [5.41, 5.74) is 19.8. The van der Waals surface area contributed by atoms with Crippen molar-refractivity contribution in [1.82, 2.24) is 0 Å². The molecule has 0 amide bonds. The van der Waals surface area contributed by atoms with Crippen molar-refractivity contribution in [3.8, 4) is 20.9 Å². The van der Waals surface area contributed by atoms with Gasteiger partial charge < -0.3 is 0 Å². The van der Waals surface area contributed by atoms with E-state index in [2.05, 4.69) is 104 Å². The maximum Gasteiger partial charge on any atom is 0.0430 e. The molecule has 2 aromatic heterocycles. The molecule has 2 aliphatic rings. The second kappa shape index (κ2) is 11.3. The average Bonchev–Trinajstić information content (AvgIpc) is 3.69. The molecule has 0 N–H and O–H groups in total. The van der Waals surface area contributed by atoms with E-state index >= 15 is 0 Å². The monoisotopic (exact) mass is 612 g/mol. The van der Waals surface area contributed by atoms with Crippen molar-refractivity contribution in [1.29, 1.82) is 0 Å². The zero-order valence-electron chi connectivity index (χ0n) is 27.7. The van der Waals surface area contributed by atoms with Crippen LogP contribution < -0.4 is 10.4 Å². The van der Waals surface area contributed by atoms with Gasteiger partial charge in [0.2, 0.25) is 0 Å². The molecule has 2 heteroatoms. The smallest absolute Gasteiger partial charge is 0.0430 e. The van der Waals surface area contributed by atoms with Crippen LogP contribution in [0.1, 0.15) is 105 Å². The van der Waals surface area contributed by atoms with Crippen LogP contribution in [-0.4, -0.2) is 0 Å². The van der Waals surface area contributed by atoms with Gasteiger partial charge in [-0.25, -0.2) is 0 Å². The number of benzene rings is 3. The van der Waals surface area contributed by atoms with Crippen LogP contribution in [0.25, 0.3) is 32.0 Å². The summed E-state index contributed by atoms with van der Waals surface area (Å²) in [6.45, 7) is 18.3. The first kappa shape index (κ1) is 29.5. The summed E-state index contributed by atoms with van der Waals surface area (Å²) in [6.07, 6.45) is 7.30. The fraction of sp³-hybridized carbons (Fsp3) is 0.333. The van der Waals surface area contributed by atoms with Gasteiger partial charge in [-0.1, -0.05) is 62.1 Å². The van der Waals surface area contributed by atoms with Crippen molar-refractivity contribution in [2.45, 2.75) is 93.9 Å². The highest BCUT2D eigenvalue weighted by Gasteiger charge is 2.31. The third-order valence-electron chi connectivity index (χ3n) is 9.70. The van der Waals surface area contributed by atoms with Crippen LogP contribution in [0.15, 0.2) is 48.5 Å². The number of rotatable bonds is 8. The van der Waals surface area contributed by atoms with Crippen LogP contribution in [0.3, 0.4) is 0 Å². The second-order valence-corrected chi connectivity index (χ2v) is 15.6. The van der Waals surface area contributed by atoms with E-state index in [-0.39, 0.29) is 0 Å². The van der Waals surface area contributed by atoms with Crippen LogP contribution in [-0.2, 0) is 12.8 Å². The molecule has 0 bridgehead atoms. The predicted octanol–water partition coefficient (Wildman–Crippen LogP) is 10.8. The maximum absolute atomic E-state index is 2.59. The molecule has 0 aliphatic heterocycles. The highest BCUT2D eigenvalue weighted by atomic mass is 32.1. The van der Waals surface area contributed by atoms with Crippen LogP contribution in [0.2, 0.25) is 0 Å². The molecule has 0 fully saturated rings. The van der Waals surface area contributed by atoms with Crippen molar-refractivity contribution < 1.29 is 0 Å². The van der Waals surface area contributed by atoms with E-state index in [4.69, 9.17) is 0 Å². The largest absolute Gasteiger partial charge is 0.140 e. The summed E-state index contributed by atoms with van der Waals surface area (Å²) in [7, 11) is 0. The van der Waals surface area contributed by atoms with Crippen molar-refractivity contribution in [2.24, 2.45) is 0 Å².